The lowest BCUT2D eigenvalue weighted by molar-refractivity contribution is -0.133. The monoisotopic (exact) mass is 242 g/mol. The molecule has 2 aliphatic heterocycles. The number of nitrogens with zero attached hydrogens (tertiary/aromatic N) is 1. The van der Waals surface area contributed by atoms with Gasteiger partial charge in [-0.3, -0.25) is 4.79 Å². The Kier molecular flexibility index (Phi) is 4.22. The van der Waals surface area contributed by atoms with Crippen LogP contribution in [0.1, 0.15) is 0 Å². The van der Waals surface area contributed by atoms with Crippen LogP contribution < -0.4 is 5.32 Å². The smallest absolute Gasteiger partial charge is 0.292 e. The number of hydrogen-bond donors (Lipinski definition) is 1. The number of likely N-dealkylation sites (N-methyl/N-ethyl adjacent to an activating group) is 1. The molecular weight excluding hydrogens is 224 g/mol. The van der Waals surface area contributed by atoms with E-state index in [1.807, 2.05) is 0 Å². The van der Waals surface area contributed by atoms with Crippen LogP contribution in [-0.2, 0) is 19.0 Å². The van der Waals surface area contributed by atoms with Gasteiger partial charge in [-0.15, -0.1) is 0 Å². The first kappa shape index (κ1) is 12.2. The van der Waals surface area contributed by atoms with Crippen molar-refractivity contribution >= 4 is 5.91 Å². The molecule has 1 atom stereocenters. The summed E-state index contributed by atoms with van der Waals surface area (Å²) >= 11 is 0. The van der Waals surface area contributed by atoms with Crippen molar-refractivity contribution in [2.24, 2.45) is 0 Å². The Morgan fingerprint density at radius 2 is 2.41 bits per heavy atom. The zero-order chi connectivity index (χ0) is 12.1. The molecule has 0 aromatic rings. The molecule has 6 heteroatoms. The van der Waals surface area contributed by atoms with Crippen LogP contribution in [0.2, 0.25) is 0 Å². The number of ether oxygens (including phenoxy) is 3. The quantitative estimate of drug-likeness (QED) is 0.710. The van der Waals surface area contributed by atoms with Crippen LogP contribution in [0.15, 0.2) is 12.0 Å². The molecule has 6 nitrogen and oxygen atoms in total. The SMILES string of the molecule is CN(CC1CNCCO1)C(=O)C1=COCCO1. The molecule has 0 bridgehead atoms. The summed E-state index contributed by atoms with van der Waals surface area (Å²) in [4.78, 5) is 13.5. The molecule has 1 unspecified atom stereocenters. The largest absolute Gasteiger partial charge is 0.494 e. The van der Waals surface area contributed by atoms with Gasteiger partial charge in [0, 0.05) is 26.7 Å². The van der Waals surface area contributed by atoms with E-state index in [0.717, 1.165) is 13.1 Å². The van der Waals surface area contributed by atoms with Crippen LogP contribution in [0.4, 0.5) is 0 Å². The summed E-state index contributed by atoms with van der Waals surface area (Å²) in [5, 5.41) is 3.23. The fraction of sp³-hybridized carbons (Fsp3) is 0.727. The van der Waals surface area contributed by atoms with Crippen LogP contribution in [-0.4, -0.2) is 63.4 Å². The van der Waals surface area contributed by atoms with Crippen LogP contribution in [0.3, 0.4) is 0 Å². The first-order chi connectivity index (χ1) is 8.27. The van der Waals surface area contributed by atoms with Gasteiger partial charge in [-0.2, -0.15) is 0 Å². The van der Waals surface area contributed by atoms with E-state index in [1.54, 1.807) is 11.9 Å². The molecule has 96 valence electrons. The summed E-state index contributed by atoms with van der Waals surface area (Å²) in [7, 11) is 1.74. The maximum absolute atomic E-state index is 11.9. The molecule has 1 amide bonds. The number of carbonyl (C=O) groups is 1. The zero-order valence-electron chi connectivity index (χ0n) is 9.98. The first-order valence-corrected chi connectivity index (χ1v) is 5.80. The summed E-state index contributed by atoms with van der Waals surface area (Å²) in [6, 6.07) is 0. The maximum Gasteiger partial charge on any atom is 0.292 e. The van der Waals surface area contributed by atoms with E-state index in [4.69, 9.17) is 14.2 Å². The molecule has 0 aromatic carbocycles. The Hall–Kier alpha value is -1.27. The number of rotatable bonds is 3. The summed E-state index contributed by atoms with van der Waals surface area (Å²) < 4.78 is 15.8. The van der Waals surface area contributed by atoms with E-state index in [9.17, 15) is 4.79 Å². The zero-order valence-corrected chi connectivity index (χ0v) is 9.98. The van der Waals surface area contributed by atoms with E-state index in [1.165, 1.54) is 6.26 Å². The Morgan fingerprint density at radius 1 is 1.53 bits per heavy atom. The highest BCUT2D eigenvalue weighted by Crippen LogP contribution is 2.09. The van der Waals surface area contributed by atoms with Gasteiger partial charge in [-0.1, -0.05) is 0 Å². The highest BCUT2D eigenvalue weighted by atomic mass is 16.6. The third-order valence-electron chi connectivity index (χ3n) is 2.69. The molecule has 0 radical (unpaired) electrons. The third kappa shape index (κ3) is 3.34. The molecule has 2 aliphatic rings. The molecule has 2 rings (SSSR count). The summed E-state index contributed by atoms with van der Waals surface area (Å²) in [6.07, 6.45) is 1.42. The minimum Gasteiger partial charge on any atom is -0.494 e. The Labute approximate surface area is 100 Å². The van der Waals surface area contributed by atoms with Crippen molar-refractivity contribution < 1.29 is 19.0 Å². The van der Waals surface area contributed by atoms with Gasteiger partial charge in [0.2, 0.25) is 5.76 Å². The highest BCUT2D eigenvalue weighted by molar-refractivity contribution is 5.91. The lowest BCUT2D eigenvalue weighted by atomic mass is 10.3. The molecule has 0 saturated carbocycles. The number of carbonyl (C=O) groups excluding carboxylic acids is 1. The van der Waals surface area contributed by atoms with Gasteiger partial charge in [0.05, 0.1) is 12.7 Å². The van der Waals surface area contributed by atoms with Crippen molar-refractivity contribution in [1.82, 2.24) is 10.2 Å². The fourth-order valence-electron chi connectivity index (χ4n) is 1.79. The lowest BCUT2D eigenvalue weighted by Crippen LogP contribution is -2.46. The molecule has 1 saturated heterocycles. The lowest BCUT2D eigenvalue weighted by Gasteiger charge is -2.28. The Morgan fingerprint density at radius 3 is 3.06 bits per heavy atom. The van der Waals surface area contributed by atoms with E-state index >= 15 is 0 Å². The van der Waals surface area contributed by atoms with Gasteiger partial charge < -0.3 is 24.4 Å². The second-order valence-electron chi connectivity index (χ2n) is 4.08. The van der Waals surface area contributed by atoms with Crippen molar-refractivity contribution in [3.63, 3.8) is 0 Å². The average Bonchev–Trinajstić information content (AvgIpc) is 2.40. The molecule has 1 N–H and O–H groups in total. The summed E-state index contributed by atoms with van der Waals surface area (Å²) in [5.41, 5.74) is 0. The third-order valence-corrected chi connectivity index (χ3v) is 2.69. The molecule has 0 aliphatic carbocycles. The van der Waals surface area contributed by atoms with Crippen LogP contribution in [0, 0.1) is 0 Å². The predicted octanol–water partition coefficient (Wildman–Crippen LogP) is -0.679. The fourth-order valence-corrected chi connectivity index (χ4v) is 1.79. The van der Waals surface area contributed by atoms with Crippen LogP contribution in [0.25, 0.3) is 0 Å². The van der Waals surface area contributed by atoms with Gasteiger partial charge in [0.25, 0.3) is 5.91 Å². The van der Waals surface area contributed by atoms with Crippen molar-refractivity contribution in [1.29, 1.82) is 0 Å². The van der Waals surface area contributed by atoms with Gasteiger partial charge in [0.15, 0.2) is 0 Å². The minimum atomic E-state index is -0.168. The molecule has 1 fully saturated rings. The van der Waals surface area contributed by atoms with Gasteiger partial charge in [-0.05, 0) is 0 Å². The van der Waals surface area contributed by atoms with Crippen molar-refractivity contribution in [2.45, 2.75) is 6.10 Å². The number of hydrogen-bond acceptors (Lipinski definition) is 5. The first-order valence-electron chi connectivity index (χ1n) is 5.80. The van der Waals surface area contributed by atoms with E-state index in [0.29, 0.717) is 26.4 Å². The maximum atomic E-state index is 11.9. The second-order valence-corrected chi connectivity index (χ2v) is 4.08. The standard InChI is InChI=1S/C11H18N2O4/c1-13(7-9-6-12-2-3-16-9)11(14)10-8-15-4-5-17-10/h8-9,12H,2-7H2,1H3. The average molecular weight is 242 g/mol. The summed E-state index contributed by atoms with van der Waals surface area (Å²) in [6.45, 7) is 3.80. The molecule has 0 spiro atoms. The number of morpholine rings is 1. The molecule has 0 aromatic heterocycles. The van der Waals surface area contributed by atoms with Crippen molar-refractivity contribution in [3.8, 4) is 0 Å². The van der Waals surface area contributed by atoms with E-state index in [-0.39, 0.29) is 17.8 Å². The van der Waals surface area contributed by atoms with Gasteiger partial charge in [0.1, 0.15) is 19.5 Å². The van der Waals surface area contributed by atoms with Gasteiger partial charge in [-0.25, -0.2) is 0 Å². The van der Waals surface area contributed by atoms with Gasteiger partial charge >= 0.3 is 0 Å². The van der Waals surface area contributed by atoms with E-state index in [2.05, 4.69) is 5.32 Å². The minimum absolute atomic E-state index is 0.0443. The Bertz CT molecular complexity index is 300. The topological polar surface area (TPSA) is 60.0 Å². The molecule has 2 heterocycles. The number of amides is 1. The summed E-state index contributed by atoms with van der Waals surface area (Å²) in [5.74, 6) is 0.0985. The van der Waals surface area contributed by atoms with Crippen LogP contribution in [0.5, 0.6) is 0 Å². The predicted molar refractivity (Wildman–Crippen MR) is 60.2 cm³/mol. The molecular formula is C11H18N2O4. The van der Waals surface area contributed by atoms with Crippen molar-refractivity contribution in [3.05, 3.63) is 12.0 Å². The normalized spacial score (nSPS) is 24.3. The second kappa shape index (κ2) is 5.88. The highest BCUT2D eigenvalue weighted by Gasteiger charge is 2.23. The van der Waals surface area contributed by atoms with Crippen LogP contribution >= 0.6 is 0 Å². The van der Waals surface area contributed by atoms with Crippen molar-refractivity contribution in [2.75, 3.05) is 46.5 Å². The molecule has 17 heavy (non-hydrogen) atoms. The Balaban J connectivity index is 1.83. The van der Waals surface area contributed by atoms with E-state index < -0.39 is 0 Å². The number of nitrogens with one attached hydrogen (secondary N) is 1.